The fourth-order valence-electron chi connectivity index (χ4n) is 1.68. The quantitative estimate of drug-likeness (QED) is 0.916. The van der Waals surface area contributed by atoms with E-state index in [0.717, 1.165) is 0 Å². The Bertz CT molecular complexity index is 556. The fraction of sp³-hybridized carbons (Fsp3) is 0.500. The molecule has 0 spiro atoms. The number of rotatable bonds is 3. The molecule has 18 heavy (non-hydrogen) atoms. The molecule has 100 valence electrons. The monoisotopic (exact) mass is 334 g/mol. The van der Waals surface area contributed by atoms with E-state index in [1.54, 1.807) is 26.0 Å². The molecule has 2 rings (SSSR count). The van der Waals surface area contributed by atoms with Crippen LogP contribution in [0.1, 0.15) is 19.4 Å². The van der Waals surface area contributed by atoms with Crippen molar-refractivity contribution in [2.75, 3.05) is 13.2 Å². The van der Waals surface area contributed by atoms with Crippen molar-refractivity contribution in [1.29, 1.82) is 0 Å². The SMILES string of the molecule is CC(C)(O)c1ccc(S(=O)(=O)C2COC2)c(Br)c1. The summed E-state index contributed by atoms with van der Waals surface area (Å²) in [7, 11) is -3.35. The predicted octanol–water partition coefficient (Wildman–Crippen LogP) is 1.85. The molecule has 0 amide bonds. The van der Waals surface area contributed by atoms with Gasteiger partial charge in [-0.1, -0.05) is 6.07 Å². The van der Waals surface area contributed by atoms with Crippen LogP contribution in [-0.4, -0.2) is 32.0 Å². The van der Waals surface area contributed by atoms with Crippen LogP contribution < -0.4 is 0 Å². The molecule has 1 aliphatic rings. The van der Waals surface area contributed by atoms with Gasteiger partial charge in [-0.3, -0.25) is 0 Å². The summed E-state index contributed by atoms with van der Waals surface area (Å²) in [5.74, 6) is 0. The molecule has 0 unspecified atom stereocenters. The summed E-state index contributed by atoms with van der Waals surface area (Å²) >= 11 is 3.27. The average molecular weight is 335 g/mol. The molecule has 4 nitrogen and oxygen atoms in total. The van der Waals surface area contributed by atoms with Crippen LogP contribution in [-0.2, 0) is 20.2 Å². The van der Waals surface area contributed by atoms with Gasteiger partial charge in [0.1, 0.15) is 5.25 Å². The molecule has 1 aromatic rings. The van der Waals surface area contributed by atoms with Crippen molar-refractivity contribution in [2.45, 2.75) is 29.6 Å². The first kappa shape index (κ1) is 14.0. The van der Waals surface area contributed by atoms with Gasteiger partial charge in [-0.2, -0.15) is 0 Å². The van der Waals surface area contributed by atoms with E-state index in [2.05, 4.69) is 15.9 Å². The summed E-state index contributed by atoms with van der Waals surface area (Å²) in [6.45, 7) is 3.81. The van der Waals surface area contributed by atoms with Gasteiger partial charge in [-0.15, -0.1) is 0 Å². The average Bonchev–Trinajstić information content (AvgIpc) is 2.11. The standard InChI is InChI=1S/C12H15BrO4S/c1-12(2,14)8-3-4-11(10(13)5-8)18(15,16)9-6-17-7-9/h3-5,9,14H,6-7H2,1-2H3. The predicted molar refractivity (Wildman–Crippen MR) is 71.2 cm³/mol. The summed E-state index contributed by atoms with van der Waals surface area (Å²) in [5.41, 5.74) is -0.331. The van der Waals surface area contributed by atoms with Gasteiger partial charge in [0.2, 0.25) is 0 Å². The Labute approximate surface area is 115 Å². The Hall–Kier alpha value is -0.430. The molecule has 1 fully saturated rings. The molecule has 0 bridgehead atoms. The van der Waals surface area contributed by atoms with Crippen LogP contribution in [0.4, 0.5) is 0 Å². The Morgan fingerprint density at radius 3 is 2.39 bits per heavy atom. The number of benzene rings is 1. The Kier molecular flexibility index (Phi) is 3.57. The van der Waals surface area contributed by atoms with Crippen molar-refractivity contribution in [1.82, 2.24) is 0 Å². The van der Waals surface area contributed by atoms with E-state index >= 15 is 0 Å². The second-order valence-electron chi connectivity index (χ2n) is 4.91. The minimum atomic E-state index is -3.35. The van der Waals surface area contributed by atoms with Crippen molar-refractivity contribution < 1.29 is 18.3 Å². The van der Waals surface area contributed by atoms with Crippen LogP contribution in [0.15, 0.2) is 27.6 Å². The minimum Gasteiger partial charge on any atom is -0.386 e. The molecule has 0 aliphatic carbocycles. The zero-order valence-electron chi connectivity index (χ0n) is 10.2. The van der Waals surface area contributed by atoms with Gasteiger partial charge in [0.15, 0.2) is 9.84 Å². The van der Waals surface area contributed by atoms with Crippen molar-refractivity contribution in [3.63, 3.8) is 0 Å². The lowest BCUT2D eigenvalue weighted by atomic mass is 9.99. The van der Waals surface area contributed by atoms with Gasteiger partial charge < -0.3 is 9.84 Å². The van der Waals surface area contributed by atoms with Gasteiger partial charge in [0.25, 0.3) is 0 Å². The molecule has 1 N–H and O–H groups in total. The van der Waals surface area contributed by atoms with Gasteiger partial charge >= 0.3 is 0 Å². The maximum atomic E-state index is 12.2. The maximum Gasteiger partial charge on any atom is 0.186 e. The highest BCUT2D eigenvalue weighted by Crippen LogP contribution is 2.31. The molecule has 1 heterocycles. The summed E-state index contributed by atoms with van der Waals surface area (Å²) in [4.78, 5) is 0.254. The van der Waals surface area contributed by atoms with Crippen LogP contribution in [0.5, 0.6) is 0 Å². The summed E-state index contributed by atoms with van der Waals surface area (Å²) in [5, 5.41) is 9.43. The molecule has 0 atom stereocenters. The highest BCUT2D eigenvalue weighted by Gasteiger charge is 2.35. The molecule has 1 saturated heterocycles. The number of ether oxygens (including phenoxy) is 1. The van der Waals surface area contributed by atoms with Crippen LogP contribution in [0.3, 0.4) is 0 Å². The van der Waals surface area contributed by atoms with E-state index in [-0.39, 0.29) is 18.1 Å². The van der Waals surface area contributed by atoms with Gasteiger partial charge in [-0.25, -0.2) is 8.42 Å². The van der Waals surface area contributed by atoms with Crippen molar-refractivity contribution in [3.8, 4) is 0 Å². The van der Waals surface area contributed by atoms with Crippen molar-refractivity contribution >= 4 is 25.8 Å². The summed E-state index contributed by atoms with van der Waals surface area (Å²) < 4.78 is 29.9. The first-order chi connectivity index (χ1) is 8.23. The molecule has 1 aliphatic heterocycles. The third-order valence-corrected chi connectivity index (χ3v) is 6.03. The molecule has 0 saturated carbocycles. The van der Waals surface area contributed by atoms with Crippen LogP contribution in [0, 0.1) is 0 Å². The first-order valence-electron chi connectivity index (χ1n) is 5.57. The van der Waals surface area contributed by atoms with E-state index in [1.165, 1.54) is 6.07 Å². The number of hydrogen-bond donors (Lipinski definition) is 1. The Balaban J connectivity index is 2.42. The number of sulfone groups is 1. The molecular formula is C12H15BrO4S. The third kappa shape index (κ3) is 2.47. The van der Waals surface area contributed by atoms with Crippen LogP contribution in [0.25, 0.3) is 0 Å². The normalized spacial score (nSPS) is 17.6. The Morgan fingerprint density at radius 1 is 1.39 bits per heavy atom. The highest BCUT2D eigenvalue weighted by atomic mass is 79.9. The molecule has 0 aromatic heterocycles. The van der Waals surface area contributed by atoms with E-state index < -0.39 is 20.7 Å². The number of halogens is 1. The first-order valence-corrected chi connectivity index (χ1v) is 7.91. The largest absolute Gasteiger partial charge is 0.386 e. The van der Waals surface area contributed by atoms with Crippen molar-refractivity contribution in [2.24, 2.45) is 0 Å². The van der Waals surface area contributed by atoms with E-state index in [4.69, 9.17) is 4.74 Å². The number of hydrogen-bond acceptors (Lipinski definition) is 4. The highest BCUT2D eigenvalue weighted by molar-refractivity contribution is 9.10. The molecule has 1 aromatic carbocycles. The maximum absolute atomic E-state index is 12.2. The van der Waals surface area contributed by atoms with Crippen LogP contribution in [0.2, 0.25) is 0 Å². The topological polar surface area (TPSA) is 63.6 Å². The number of aliphatic hydroxyl groups is 1. The van der Waals surface area contributed by atoms with Crippen molar-refractivity contribution in [3.05, 3.63) is 28.2 Å². The second kappa shape index (κ2) is 4.59. The smallest absolute Gasteiger partial charge is 0.186 e. The van der Waals surface area contributed by atoms with E-state index in [0.29, 0.717) is 10.0 Å². The minimum absolute atomic E-state index is 0.252. The van der Waals surface area contributed by atoms with E-state index in [9.17, 15) is 13.5 Å². The fourth-order valence-corrected chi connectivity index (χ4v) is 4.24. The Morgan fingerprint density at radius 2 is 2.00 bits per heavy atom. The summed E-state index contributed by atoms with van der Waals surface area (Å²) in [6.07, 6.45) is 0. The summed E-state index contributed by atoms with van der Waals surface area (Å²) in [6, 6.07) is 4.81. The lowest BCUT2D eigenvalue weighted by Gasteiger charge is -2.26. The van der Waals surface area contributed by atoms with E-state index in [1.807, 2.05) is 0 Å². The second-order valence-corrected chi connectivity index (χ2v) is 7.96. The lowest BCUT2D eigenvalue weighted by Crippen LogP contribution is -2.40. The molecular weight excluding hydrogens is 320 g/mol. The van der Waals surface area contributed by atoms with Gasteiger partial charge in [0.05, 0.1) is 23.7 Å². The molecule has 0 radical (unpaired) electrons. The third-order valence-electron chi connectivity index (χ3n) is 2.99. The van der Waals surface area contributed by atoms with Crippen LogP contribution >= 0.6 is 15.9 Å². The van der Waals surface area contributed by atoms with Gasteiger partial charge in [-0.05, 0) is 47.5 Å². The zero-order valence-corrected chi connectivity index (χ0v) is 12.6. The zero-order chi connectivity index (χ0) is 13.6. The molecule has 6 heteroatoms. The van der Waals surface area contributed by atoms with Gasteiger partial charge in [0, 0.05) is 4.47 Å². The lowest BCUT2D eigenvalue weighted by molar-refractivity contribution is 0.0415.